The molecule has 3 heteroatoms. The Bertz CT molecular complexity index is 364. The van der Waals surface area contributed by atoms with Gasteiger partial charge in [-0.3, -0.25) is 4.79 Å². The number of nitrogens with zero attached hydrogens (tertiary/aromatic N) is 1. The summed E-state index contributed by atoms with van der Waals surface area (Å²) in [6.45, 7) is 0.872. The molecule has 17 heavy (non-hydrogen) atoms. The van der Waals surface area contributed by atoms with Crippen molar-refractivity contribution in [1.82, 2.24) is 4.90 Å². The summed E-state index contributed by atoms with van der Waals surface area (Å²) in [6.07, 6.45) is 3.53. The molecular formula is C14H19NO2. The van der Waals surface area contributed by atoms with Gasteiger partial charge in [-0.1, -0.05) is 30.3 Å². The normalized spacial score (nSPS) is 20.3. The van der Waals surface area contributed by atoms with Crippen LogP contribution in [0.2, 0.25) is 0 Å². The smallest absolute Gasteiger partial charge is 0.227 e. The number of likely N-dealkylation sites (tertiary alicyclic amines) is 1. The molecule has 1 aliphatic heterocycles. The first kappa shape index (κ1) is 12.1. The Hall–Kier alpha value is -1.35. The molecule has 1 amide bonds. The Labute approximate surface area is 102 Å². The van der Waals surface area contributed by atoms with Crippen LogP contribution < -0.4 is 0 Å². The minimum atomic E-state index is 0.0277. The molecule has 3 nitrogen and oxygen atoms in total. The molecule has 0 bridgehead atoms. The van der Waals surface area contributed by atoms with E-state index in [9.17, 15) is 9.90 Å². The number of hydrogen-bond donors (Lipinski definition) is 1. The van der Waals surface area contributed by atoms with Gasteiger partial charge in [0.05, 0.1) is 19.1 Å². The van der Waals surface area contributed by atoms with E-state index in [4.69, 9.17) is 0 Å². The van der Waals surface area contributed by atoms with E-state index in [1.54, 1.807) is 0 Å². The van der Waals surface area contributed by atoms with E-state index in [-0.39, 0.29) is 18.6 Å². The number of aliphatic hydroxyl groups excluding tert-OH is 1. The van der Waals surface area contributed by atoms with Crippen molar-refractivity contribution in [3.63, 3.8) is 0 Å². The van der Waals surface area contributed by atoms with Gasteiger partial charge in [0.2, 0.25) is 5.91 Å². The first-order valence-corrected chi connectivity index (χ1v) is 6.25. The summed E-state index contributed by atoms with van der Waals surface area (Å²) in [4.78, 5) is 14.0. The van der Waals surface area contributed by atoms with Crippen LogP contribution in [0, 0.1) is 0 Å². The quantitative estimate of drug-likeness (QED) is 0.861. The van der Waals surface area contributed by atoms with Crippen molar-refractivity contribution < 1.29 is 9.90 Å². The Kier molecular flexibility index (Phi) is 4.15. The fourth-order valence-corrected chi connectivity index (χ4v) is 2.39. The summed E-state index contributed by atoms with van der Waals surface area (Å²) in [7, 11) is 0. The summed E-state index contributed by atoms with van der Waals surface area (Å²) in [5.41, 5.74) is 1.04. The number of hydrogen-bond acceptors (Lipinski definition) is 2. The van der Waals surface area contributed by atoms with Crippen molar-refractivity contribution >= 4 is 5.91 Å². The molecule has 0 spiro atoms. The van der Waals surface area contributed by atoms with E-state index in [1.807, 2.05) is 35.2 Å². The maximum atomic E-state index is 12.2. The van der Waals surface area contributed by atoms with Gasteiger partial charge in [-0.05, 0) is 24.8 Å². The van der Waals surface area contributed by atoms with Gasteiger partial charge in [0, 0.05) is 6.54 Å². The fourth-order valence-electron chi connectivity index (χ4n) is 2.39. The van der Waals surface area contributed by atoms with Crippen LogP contribution >= 0.6 is 0 Å². The highest BCUT2D eigenvalue weighted by atomic mass is 16.3. The number of carbonyl (C=O) groups excluding carboxylic acids is 1. The maximum absolute atomic E-state index is 12.2. The Balaban J connectivity index is 1.99. The van der Waals surface area contributed by atoms with Crippen LogP contribution in [0.3, 0.4) is 0 Å². The van der Waals surface area contributed by atoms with Crippen LogP contribution in [-0.4, -0.2) is 35.1 Å². The van der Waals surface area contributed by atoms with Gasteiger partial charge in [-0.15, -0.1) is 0 Å². The highest BCUT2D eigenvalue weighted by molar-refractivity contribution is 5.79. The molecule has 1 fully saturated rings. The molecule has 1 aliphatic rings. The van der Waals surface area contributed by atoms with E-state index in [0.717, 1.165) is 31.4 Å². The van der Waals surface area contributed by atoms with Crippen molar-refractivity contribution in [3.05, 3.63) is 35.9 Å². The molecule has 0 radical (unpaired) electrons. The van der Waals surface area contributed by atoms with Crippen molar-refractivity contribution in [1.29, 1.82) is 0 Å². The average molecular weight is 233 g/mol. The summed E-state index contributed by atoms with van der Waals surface area (Å²) < 4.78 is 0. The van der Waals surface area contributed by atoms with Crippen LogP contribution in [0.25, 0.3) is 0 Å². The minimum absolute atomic E-state index is 0.0277. The molecule has 1 aromatic rings. The summed E-state index contributed by atoms with van der Waals surface area (Å²) in [5.74, 6) is 0.134. The van der Waals surface area contributed by atoms with Crippen LogP contribution in [0.5, 0.6) is 0 Å². The van der Waals surface area contributed by atoms with Crippen LogP contribution in [0.15, 0.2) is 30.3 Å². The molecular weight excluding hydrogens is 214 g/mol. The third-order valence-corrected chi connectivity index (χ3v) is 3.36. The Morgan fingerprint density at radius 1 is 1.29 bits per heavy atom. The third-order valence-electron chi connectivity index (χ3n) is 3.36. The minimum Gasteiger partial charge on any atom is -0.394 e. The molecule has 2 rings (SSSR count). The number of piperidine rings is 1. The standard InChI is InChI=1S/C14H19NO2/c16-11-13-8-4-5-9-15(13)14(17)10-12-6-2-1-3-7-12/h1-3,6-7,13,16H,4-5,8-11H2/t13-/m1/s1. The van der Waals surface area contributed by atoms with Crippen molar-refractivity contribution in [2.45, 2.75) is 31.7 Å². The van der Waals surface area contributed by atoms with Gasteiger partial charge in [-0.25, -0.2) is 0 Å². The van der Waals surface area contributed by atoms with E-state index in [1.165, 1.54) is 0 Å². The largest absolute Gasteiger partial charge is 0.394 e. The lowest BCUT2D eigenvalue weighted by Gasteiger charge is -2.34. The molecule has 1 N–H and O–H groups in total. The zero-order chi connectivity index (χ0) is 12.1. The highest BCUT2D eigenvalue weighted by Gasteiger charge is 2.25. The van der Waals surface area contributed by atoms with Crippen LogP contribution in [0.1, 0.15) is 24.8 Å². The molecule has 1 atom stereocenters. The molecule has 1 aromatic carbocycles. The molecule has 0 saturated carbocycles. The SMILES string of the molecule is O=C(Cc1ccccc1)N1CCCC[C@@H]1CO. The topological polar surface area (TPSA) is 40.5 Å². The molecule has 0 unspecified atom stereocenters. The first-order valence-electron chi connectivity index (χ1n) is 6.25. The number of benzene rings is 1. The Morgan fingerprint density at radius 2 is 2.06 bits per heavy atom. The molecule has 0 aromatic heterocycles. The van der Waals surface area contributed by atoms with E-state index >= 15 is 0 Å². The van der Waals surface area contributed by atoms with E-state index in [2.05, 4.69) is 0 Å². The lowest BCUT2D eigenvalue weighted by molar-refractivity contribution is -0.135. The lowest BCUT2D eigenvalue weighted by Crippen LogP contribution is -2.46. The van der Waals surface area contributed by atoms with Crippen molar-refractivity contribution in [3.8, 4) is 0 Å². The maximum Gasteiger partial charge on any atom is 0.227 e. The first-order chi connectivity index (χ1) is 8.31. The molecule has 92 valence electrons. The number of amides is 1. The average Bonchev–Trinajstić information content (AvgIpc) is 2.40. The Morgan fingerprint density at radius 3 is 2.76 bits per heavy atom. The number of carbonyl (C=O) groups is 1. The summed E-state index contributed by atoms with van der Waals surface area (Å²) >= 11 is 0. The molecule has 1 heterocycles. The number of rotatable bonds is 3. The van der Waals surface area contributed by atoms with E-state index in [0.29, 0.717) is 6.42 Å². The number of aliphatic hydroxyl groups is 1. The van der Waals surface area contributed by atoms with Gasteiger partial charge in [0.25, 0.3) is 0 Å². The van der Waals surface area contributed by atoms with Crippen molar-refractivity contribution in [2.24, 2.45) is 0 Å². The molecule has 0 aliphatic carbocycles. The molecule has 1 saturated heterocycles. The van der Waals surface area contributed by atoms with Crippen molar-refractivity contribution in [2.75, 3.05) is 13.2 Å². The third kappa shape index (κ3) is 3.07. The summed E-state index contributed by atoms with van der Waals surface area (Å²) in [5, 5.41) is 9.28. The lowest BCUT2D eigenvalue weighted by atomic mass is 10.0. The second-order valence-corrected chi connectivity index (χ2v) is 4.58. The summed E-state index contributed by atoms with van der Waals surface area (Å²) in [6, 6.07) is 9.81. The van der Waals surface area contributed by atoms with E-state index < -0.39 is 0 Å². The van der Waals surface area contributed by atoms with Gasteiger partial charge >= 0.3 is 0 Å². The highest BCUT2D eigenvalue weighted by Crippen LogP contribution is 2.17. The second-order valence-electron chi connectivity index (χ2n) is 4.58. The monoisotopic (exact) mass is 233 g/mol. The predicted octanol–water partition coefficient (Wildman–Crippen LogP) is 1.60. The predicted molar refractivity (Wildman–Crippen MR) is 66.6 cm³/mol. The second kappa shape index (κ2) is 5.82. The fraction of sp³-hybridized carbons (Fsp3) is 0.500. The van der Waals surface area contributed by atoms with Gasteiger partial charge in [0.15, 0.2) is 0 Å². The van der Waals surface area contributed by atoms with Gasteiger partial charge in [-0.2, -0.15) is 0 Å². The van der Waals surface area contributed by atoms with Gasteiger partial charge < -0.3 is 10.0 Å². The van der Waals surface area contributed by atoms with Gasteiger partial charge in [0.1, 0.15) is 0 Å². The zero-order valence-corrected chi connectivity index (χ0v) is 10.0. The van der Waals surface area contributed by atoms with Crippen LogP contribution in [0.4, 0.5) is 0 Å². The van der Waals surface area contributed by atoms with Crippen LogP contribution in [-0.2, 0) is 11.2 Å². The zero-order valence-electron chi connectivity index (χ0n) is 10.0.